The molecule has 84 valence electrons. The Kier molecular flexibility index (Phi) is 2.99. The van der Waals surface area contributed by atoms with Crippen molar-refractivity contribution >= 4 is 0 Å². The Labute approximate surface area is 91.4 Å². The Morgan fingerprint density at radius 2 is 2.33 bits per heavy atom. The Balaban J connectivity index is 1.90. The first-order valence-corrected chi connectivity index (χ1v) is 5.84. The van der Waals surface area contributed by atoms with Gasteiger partial charge in [-0.3, -0.25) is 0 Å². The van der Waals surface area contributed by atoms with E-state index in [0.29, 0.717) is 12.7 Å². The monoisotopic (exact) mass is 209 g/mol. The zero-order chi connectivity index (χ0) is 10.9. The van der Waals surface area contributed by atoms with Gasteiger partial charge in [-0.2, -0.15) is 5.26 Å². The van der Waals surface area contributed by atoms with Crippen LogP contribution in [-0.2, 0) is 9.47 Å². The summed E-state index contributed by atoms with van der Waals surface area (Å²) in [4.78, 5) is 0. The van der Waals surface area contributed by atoms with Gasteiger partial charge in [-0.15, -0.1) is 0 Å². The summed E-state index contributed by atoms with van der Waals surface area (Å²) >= 11 is 0. The minimum Gasteiger partial charge on any atom is -0.379 e. The molecule has 0 aromatic heterocycles. The summed E-state index contributed by atoms with van der Waals surface area (Å²) in [6.45, 7) is 4.73. The van der Waals surface area contributed by atoms with Gasteiger partial charge in [0.1, 0.15) is 0 Å². The third-order valence-corrected chi connectivity index (χ3v) is 3.54. The molecule has 0 aromatic carbocycles. The second-order valence-electron chi connectivity index (χ2n) is 4.97. The summed E-state index contributed by atoms with van der Waals surface area (Å²) in [6, 6.07) is 2.48. The molecule has 2 heterocycles. The molecule has 0 amide bonds. The molecule has 2 bridgehead atoms. The van der Waals surface area contributed by atoms with Crippen molar-refractivity contribution in [3.63, 3.8) is 0 Å². The van der Waals surface area contributed by atoms with Crippen LogP contribution in [0.15, 0.2) is 0 Å². The van der Waals surface area contributed by atoms with Crippen molar-refractivity contribution in [2.75, 3.05) is 6.61 Å². The minimum atomic E-state index is -0.252. The maximum absolute atomic E-state index is 9.32. The van der Waals surface area contributed by atoms with Gasteiger partial charge >= 0.3 is 0 Å². The van der Waals surface area contributed by atoms with Gasteiger partial charge in [-0.25, -0.2) is 0 Å². The molecule has 15 heavy (non-hydrogen) atoms. The lowest BCUT2D eigenvalue weighted by Gasteiger charge is -2.28. The van der Waals surface area contributed by atoms with Gasteiger partial charge in [0.25, 0.3) is 0 Å². The van der Waals surface area contributed by atoms with E-state index in [4.69, 9.17) is 9.47 Å². The minimum absolute atomic E-state index is 0.170. The number of nitrogens with zero attached hydrogens (tertiary/aromatic N) is 1. The predicted molar refractivity (Wildman–Crippen MR) is 56.3 cm³/mol. The number of hydrogen-bond acceptors (Lipinski definition) is 3. The molecule has 3 heteroatoms. The maximum Gasteiger partial charge on any atom is 0.0881 e. The second-order valence-corrected chi connectivity index (χ2v) is 4.97. The Morgan fingerprint density at radius 3 is 2.80 bits per heavy atom. The molecule has 0 N–H and O–H groups in total. The second kappa shape index (κ2) is 4.11. The summed E-state index contributed by atoms with van der Waals surface area (Å²) in [7, 11) is 0. The van der Waals surface area contributed by atoms with Crippen LogP contribution >= 0.6 is 0 Å². The molecule has 2 aliphatic rings. The highest BCUT2D eigenvalue weighted by molar-refractivity contribution is 5.12. The molecule has 3 atom stereocenters. The van der Waals surface area contributed by atoms with Crippen molar-refractivity contribution < 1.29 is 9.47 Å². The number of rotatable bonds is 4. The molecule has 0 spiro atoms. The first-order valence-electron chi connectivity index (χ1n) is 5.84. The molecule has 3 unspecified atom stereocenters. The maximum atomic E-state index is 9.32. The summed E-state index contributed by atoms with van der Waals surface area (Å²) in [5.41, 5.74) is -0.252. The van der Waals surface area contributed by atoms with Crippen LogP contribution in [-0.4, -0.2) is 24.9 Å². The molecular formula is C12H19NO2. The molecule has 2 aliphatic heterocycles. The van der Waals surface area contributed by atoms with Crippen LogP contribution in [0.3, 0.4) is 0 Å². The molecule has 0 aromatic rings. The van der Waals surface area contributed by atoms with Gasteiger partial charge in [0.2, 0.25) is 0 Å². The highest BCUT2D eigenvalue weighted by Crippen LogP contribution is 2.49. The fraction of sp³-hybridized carbons (Fsp3) is 0.917. The highest BCUT2D eigenvalue weighted by Gasteiger charge is 2.52. The molecule has 2 rings (SSSR count). The smallest absolute Gasteiger partial charge is 0.0881 e. The van der Waals surface area contributed by atoms with E-state index in [1.54, 1.807) is 0 Å². The van der Waals surface area contributed by atoms with Crippen molar-refractivity contribution in [2.45, 2.75) is 57.8 Å². The summed E-state index contributed by atoms with van der Waals surface area (Å²) in [5.74, 6) is 0. The lowest BCUT2D eigenvalue weighted by Crippen LogP contribution is -2.32. The first kappa shape index (κ1) is 10.9. The van der Waals surface area contributed by atoms with Crippen molar-refractivity contribution in [3.8, 4) is 6.07 Å². The third-order valence-electron chi connectivity index (χ3n) is 3.54. The van der Waals surface area contributed by atoms with Crippen molar-refractivity contribution in [2.24, 2.45) is 5.41 Å². The normalized spacial score (nSPS) is 38.5. The number of hydrogen-bond donors (Lipinski definition) is 0. The number of ether oxygens (including phenoxy) is 2. The van der Waals surface area contributed by atoms with Gasteiger partial charge in [-0.1, -0.05) is 0 Å². The van der Waals surface area contributed by atoms with E-state index in [9.17, 15) is 5.26 Å². The van der Waals surface area contributed by atoms with Gasteiger partial charge in [0, 0.05) is 6.61 Å². The lowest BCUT2D eigenvalue weighted by atomic mass is 9.73. The van der Waals surface area contributed by atoms with Gasteiger partial charge < -0.3 is 9.47 Å². The van der Waals surface area contributed by atoms with E-state index in [1.807, 2.05) is 13.8 Å². The van der Waals surface area contributed by atoms with Crippen molar-refractivity contribution in [3.05, 3.63) is 0 Å². The zero-order valence-electron chi connectivity index (χ0n) is 9.53. The SMILES string of the molecule is CC(C)OCCC1(C#N)CC2CCC1O2. The van der Waals surface area contributed by atoms with E-state index in [1.165, 1.54) is 0 Å². The van der Waals surface area contributed by atoms with Crippen LogP contribution in [0.25, 0.3) is 0 Å². The van der Waals surface area contributed by atoms with Crippen LogP contribution < -0.4 is 0 Å². The molecule has 3 nitrogen and oxygen atoms in total. The largest absolute Gasteiger partial charge is 0.379 e. The Bertz CT molecular complexity index is 271. The van der Waals surface area contributed by atoms with Gasteiger partial charge in [0.05, 0.1) is 29.8 Å². The standard InChI is InChI=1S/C12H19NO2/c1-9(2)14-6-5-12(8-13)7-10-3-4-11(12)15-10/h9-11H,3-7H2,1-2H3. The van der Waals surface area contributed by atoms with E-state index in [2.05, 4.69) is 6.07 Å². The van der Waals surface area contributed by atoms with Crippen LogP contribution in [0.5, 0.6) is 0 Å². The summed E-state index contributed by atoms with van der Waals surface area (Å²) < 4.78 is 11.3. The quantitative estimate of drug-likeness (QED) is 0.713. The Morgan fingerprint density at radius 1 is 1.53 bits per heavy atom. The number of nitriles is 1. The summed E-state index contributed by atoms with van der Waals surface area (Å²) in [5, 5.41) is 9.32. The Hall–Kier alpha value is -0.590. The van der Waals surface area contributed by atoms with Crippen LogP contribution in [0.2, 0.25) is 0 Å². The van der Waals surface area contributed by atoms with Crippen LogP contribution in [0, 0.1) is 16.7 Å². The van der Waals surface area contributed by atoms with E-state index in [0.717, 1.165) is 25.7 Å². The average Bonchev–Trinajstić information content (AvgIpc) is 2.77. The fourth-order valence-electron chi connectivity index (χ4n) is 2.71. The van der Waals surface area contributed by atoms with Crippen molar-refractivity contribution in [1.29, 1.82) is 5.26 Å². The molecule has 0 aliphatic carbocycles. The highest BCUT2D eigenvalue weighted by atomic mass is 16.5. The first-order chi connectivity index (χ1) is 7.16. The third kappa shape index (κ3) is 2.02. The van der Waals surface area contributed by atoms with Gasteiger partial charge in [-0.05, 0) is 39.5 Å². The van der Waals surface area contributed by atoms with E-state index >= 15 is 0 Å². The van der Waals surface area contributed by atoms with E-state index < -0.39 is 0 Å². The molecule has 2 saturated heterocycles. The topological polar surface area (TPSA) is 42.2 Å². The fourth-order valence-corrected chi connectivity index (χ4v) is 2.71. The predicted octanol–water partition coefficient (Wildman–Crippen LogP) is 2.26. The van der Waals surface area contributed by atoms with Crippen LogP contribution in [0.4, 0.5) is 0 Å². The van der Waals surface area contributed by atoms with Crippen LogP contribution in [0.1, 0.15) is 39.5 Å². The molecule has 2 fully saturated rings. The molecule has 0 saturated carbocycles. The molecular weight excluding hydrogens is 190 g/mol. The zero-order valence-corrected chi connectivity index (χ0v) is 9.53. The van der Waals surface area contributed by atoms with Gasteiger partial charge in [0.15, 0.2) is 0 Å². The summed E-state index contributed by atoms with van der Waals surface area (Å²) in [6.07, 6.45) is 4.69. The lowest BCUT2D eigenvalue weighted by molar-refractivity contribution is 0.0360. The average molecular weight is 209 g/mol. The van der Waals surface area contributed by atoms with Crippen molar-refractivity contribution in [1.82, 2.24) is 0 Å². The number of fused-ring (bicyclic) bond motifs is 2. The van der Waals surface area contributed by atoms with E-state index in [-0.39, 0.29) is 17.6 Å². The molecule has 0 radical (unpaired) electrons.